The highest BCUT2D eigenvalue weighted by Gasteiger charge is 2.25. The number of carbonyl (C=O) groups excluding carboxylic acids is 2. The fourth-order valence-corrected chi connectivity index (χ4v) is 3.32. The Morgan fingerprint density at radius 3 is 2.63 bits per heavy atom. The van der Waals surface area contributed by atoms with E-state index in [1.807, 2.05) is 24.3 Å². The summed E-state index contributed by atoms with van der Waals surface area (Å²) in [5, 5.41) is 3.03. The zero-order valence-electron chi connectivity index (χ0n) is 15.9. The molecule has 1 N–H and O–H groups in total. The quantitative estimate of drug-likeness (QED) is 0.849. The van der Waals surface area contributed by atoms with Gasteiger partial charge in [0.1, 0.15) is 11.5 Å². The lowest BCUT2D eigenvalue weighted by atomic mass is 10.0. The van der Waals surface area contributed by atoms with Gasteiger partial charge in [-0.25, -0.2) is 0 Å². The molecule has 0 radical (unpaired) electrons. The van der Waals surface area contributed by atoms with Crippen LogP contribution in [0.25, 0.3) is 0 Å². The van der Waals surface area contributed by atoms with E-state index in [-0.39, 0.29) is 24.5 Å². The van der Waals surface area contributed by atoms with Gasteiger partial charge in [0.05, 0.1) is 11.8 Å². The van der Waals surface area contributed by atoms with E-state index in [1.54, 1.807) is 17.9 Å². The summed E-state index contributed by atoms with van der Waals surface area (Å²) in [5.74, 6) is 1.25. The summed E-state index contributed by atoms with van der Waals surface area (Å²) in [6.45, 7) is 5.11. The Bertz CT molecular complexity index is 791. The Labute approximate surface area is 159 Å². The standard InChI is InChI=1S/C21H26N2O4/c1-3-16-6-4-5-7-19(16)27-14-20(24)23-11-8-17(9-12-23)22-21(25)18-10-13-26-15(18)2/h4-7,10,13,17H,3,8-9,11-12,14H2,1-2H3,(H,22,25). The Morgan fingerprint density at radius 1 is 1.22 bits per heavy atom. The monoisotopic (exact) mass is 370 g/mol. The van der Waals surface area contributed by atoms with Crippen LogP contribution in [0.4, 0.5) is 0 Å². The van der Waals surface area contributed by atoms with Crippen molar-refractivity contribution in [1.82, 2.24) is 10.2 Å². The van der Waals surface area contributed by atoms with Gasteiger partial charge in [-0.05, 0) is 43.9 Å². The fraction of sp³-hybridized carbons (Fsp3) is 0.429. The number of benzene rings is 1. The molecule has 0 saturated carbocycles. The number of hydrogen-bond donors (Lipinski definition) is 1. The molecule has 1 aliphatic heterocycles. The van der Waals surface area contributed by atoms with Crippen molar-refractivity contribution >= 4 is 11.8 Å². The first kappa shape index (κ1) is 19.0. The maximum Gasteiger partial charge on any atom is 0.260 e. The number of para-hydroxylation sites is 1. The van der Waals surface area contributed by atoms with Crippen LogP contribution in [0.2, 0.25) is 0 Å². The van der Waals surface area contributed by atoms with Gasteiger partial charge in [0.15, 0.2) is 6.61 Å². The molecule has 1 aliphatic rings. The summed E-state index contributed by atoms with van der Waals surface area (Å²) in [4.78, 5) is 26.5. The highest BCUT2D eigenvalue weighted by atomic mass is 16.5. The molecule has 0 atom stereocenters. The molecular formula is C21H26N2O4. The topological polar surface area (TPSA) is 71.8 Å². The molecule has 27 heavy (non-hydrogen) atoms. The van der Waals surface area contributed by atoms with Gasteiger partial charge >= 0.3 is 0 Å². The molecule has 1 aromatic heterocycles. The zero-order chi connectivity index (χ0) is 19.2. The molecule has 2 aromatic rings. The van der Waals surface area contributed by atoms with Crippen molar-refractivity contribution in [3.05, 3.63) is 53.5 Å². The number of nitrogens with one attached hydrogen (secondary N) is 1. The number of ether oxygens (including phenoxy) is 1. The Balaban J connectivity index is 1.45. The Morgan fingerprint density at radius 2 is 1.96 bits per heavy atom. The predicted octanol–water partition coefficient (Wildman–Crippen LogP) is 2.95. The minimum absolute atomic E-state index is 0.0173. The van der Waals surface area contributed by atoms with Crippen LogP contribution < -0.4 is 10.1 Å². The van der Waals surface area contributed by atoms with Crippen molar-refractivity contribution < 1.29 is 18.7 Å². The van der Waals surface area contributed by atoms with Gasteiger partial charge in [0.25, 0.3) is 11.8 Å². The predicted molar refractivity (Wildman–Crippen MR) is 102 cm³/mol. The number of piperidine rings is 1. The number of nitrogens with zero attached hydrogens (tertiary/aromatic N) is 1. The lowest BCUT2D eigenvalue weighted by Crippen LogP contribution is -2.47. The number of rotatable bonds is 6. The summed E-state index contributed by atoms with van der Waals surface area (Å²) >= 11 is 0. The van der Waals surface area contributed by atoms with Gasteiger partial charge in [-0.1, -0.05) is 25.1 Å². The molecule has 1 aromatic carbocycles. The molecule has 0 aliphatic carbocycles. The van der Waals surface area contributed by atoms with Gasteiger partial charge in [-0.15, -0.1) is 0 Å². The molecule has 2 heterocycles. The maximum absolute atomic E-state index is 12.4. The van der Waals surface area contributed by atoms with Crippen LogP contribution in [0.1, 0.15) is 41.4 Å². The van der Waals surface area contributed by atoms with Crippen LogP contribution in [0.3, 0.4) is 0 Å². The van der Waals surface area contributed by atoms with Gasteiger partial charge in [0.2, 0.25) is 0 Å². The highest BCUT2D eigenvalue weighted by Crippen LogP contribution is 2.19. The van der Waals surface area contributed by atoms with Crippen LogP contribution in [0, 0.1) is 6.92 Å². The molecule has 6 nitrogen and oxygen atoms in total. The molecule has 6 heteroatoms. The molecule has 0 spiro atoms. The molecule has 0 unspecified atom stereocenters. The fourth-order valence-electron chi connectivity index (χ4n) is 3.32. The van der Waals surface area contributed by atoms with Gasteiger partial charge < -0.3 is 19.4 Å². The lowest BCUT2D eigenvalue weighted by Gasteiger charge is -2.32. The van der Waals surface area contributed by atoms with Gasteiger partial charge in [-0.3, -0.25) is 9.59 Å². The molecule has 2 amide bonds. The number of amides is 2. The van der Waals surface area contributed by atoms with E-state index in [2.05, 4.69) is 12.2 Å². The molecule has 3 rings (SSSR count). The van der Waals surface area contributed by atoms with E-state index in [4.69, 9.17) is 9.15 Å². The van der Waals surface area contributed by atoms with Crippen molar-refractivity contribution in [3.63, 3.8) is 0 Å². The number of aryl methyl sites for hydroxylation is 2. The van der Waals surface area contributed by atoms with E-state index < -0.39 is 0 Å². The maximum atomic E-state index is 12.4. The summed E-state index contributed by atoms with van der Waals surface area (Å²) in [6, 6.07) is 9.53. The molecule has 144 valence electrons. The summed E-state index contributed by atoms with van der Waals surface area (Å²) in [6.07, 6.45) is 3.85. The van der Waals surface area contributed by atoms with E-state index in [0.717, 1.165) is 30.6 Å². The number of likely N-dealkylation sites (tertiary alicyclic amines) is 1. The minimum Gasteiger partial charge on any atom is -0.483 e. The summed E-state index contributed by atoms with van der Waals surface area (Å²) < 4.78 is 10.9. The van der Waals surface area contributed by atoms with E-state index in [9.17, 15) is 9.59 Å². The average Bonchev–Trinajstić information content (AvgIpc) is 3.13. The largest absolute Gasteiger partial charge is 0.483 e. The second-order valence-electron chi connectivity index (χ2n) is 6.77. The van der Waals surface area contributed by atoms with Crippen molar-refractivity contribution in [2.75, 3.05) is 19.7 Å². The number of furan rings is 1. The third kappa shape index (κ3) is 4.70. The SMILES string of the molecule is CCc1ccccc1OCC(=O)N1CCC(NC(=O)c2ccoc2C)CC1. The highest BCUT2D eigenvalue weighted by molar-refractivity contribution is 5.95. The van der Waals surface area contributed by atoms with E-state index >= 15 is 0 Å². The second kappa shape index (κ2) is 8.75. The van der Waals surface area contributed by atoms with Gasteiger partial charge in [0, 0.05) is 19.1 Å². The number of carbonyl (C=O) groups is 2. The normalized spacial score (nSPS) is 14.8. The van der Waals surface area contributed by atoms with Gasteiger partial charge in [-0.2, -0.15) is 0 Å². The van der Waals surface area contributed by atoms with Crippen LogP contribution in [-0.2, 0) is 11.2 Å². The van der Waals surface area contributed by atoms with E-state index in [1.165, 1.54) is 6.26 Å². The summed E-state index contributed by atoms with van der Waals surface area (Å²) in [5.41, 5.74) is 1.66. The lowest BCUT2D eigenvalue weighted by molar-refractivity contribution is -0.134. The molecular weight excluding hydrogens is 344 g/mol. The van der Waals surface area contributed by atoms with Crippen LogP contribution >= 0.6 is 0 Å². The van der Waals surface area contributed by atoms with E-state index in [0.29, 0.717) is 24.4 Å². The smallest absolute Gasteiger partial charge is 0.260 e. The van der Waals surface area contributed by atoms with Crippen LogP contribution in [-0.4, -0.2) is 42.5 Å². The Kier molecular flexibility index (Phi) is 6.16. The first-order chi connectivity index (χ1) is 13.1. The first-order valence-electron chi connectivity index (χ1n) is 9.42. The zero-order valence-corrected chi connectivity index (χ0v) is 15.9. The van der Waals surface area contributed by atoms with Crippen LogP contribution in [0.5, 0.6) is 5.75 Å². The second-order valence-corrected chi connectivity index (χ2v) is 6.77. The number of hydrogen-bond acceptors (Lipinski definition) is 4. The molecule has 1 fully saturated rings. The van der Waals surface area contributed by atoms with Crippen LogP contribution in [0.15, 0.2) is 41.0 Å². The average molecular weight is 370 g/mol. The summed E-state index contributed by atoms with van der Waals surface area (Å²) in [7, 11) is 0. The van der Waals surface area contributed by atoms with Crippen molar-refractivity contribution in [1.29, 1.82) is 0 Å². The third-order valence-electron chi connectivity index (χ3n) is 4.99. The van der Waals surface area contributed by atoms with Crippen molar-refractivity contribution in [2.24, 2.45) is 0 Å². The minimum atomic E-state index is -0.120. The van der Waals surface area contributed by atoms with Crippen molar-refractivity contribution in [3.8, 4) is 5.75 Å². The molecule has 1 saturated heterocycles. The third-order valence-corrected chi connectivity index (χ3v) is 4.99. The van der Waals surface area contributed by atoms with Crippen molar-refractivity contribution in [2.45, 2.75) is 39.2 Å². The Hall–Kier alpha value is -2.76. The first-order valence-corrected chi connectivity index (χ1v) is 9.42. The molecule has 0 bridgehead atoms.